The molecule has 13 atom stereocenters. The summed E-state index contributed by atoms with van der Waals surface area (Å²) in [6.45, 7) is 20.7. The van der Waals surface area contributed by atoms with E-state index in [1.807, 2.05) is 56.2 Å². The zero-order valence-corrected chi connectivity index (χ0v) is 76.6. The summed E-state index contributed by atoms with van der Waals surface area (Å²) in [7, 11) is 19.7. The molecule has 25 heteroatoms. The molecule has 0 amide bonds. The number of nitrogens with zero attached hydrogens (tertiary/aromatic N) is 20. The van der Waals surface area contributed by atoms with Crippen LogP contribution < -0.4 is 19.6 Å². The molecule has 19 heterocycles. The molecule has 25 nitrogen and oxygen atoms in total. The molecular weight excluding hydrogens is 1570 g/mol. The van der Waals surface area contributed by atoms with Crippen LogP contribution in [0.3, 0.4) is 0 Å². The number of hydrogen-bond acceptors (Lipinski definition) is 21. The third-order valence-corrected chi connectivity index (χ3v) is 31.6. The lowest BCUT2D eigenvalue weighted by Crippen LogP contribution is -2.67. The first-order valence-corrected chi connectivity index (χ1v) is 47.1. The highest BCUT2D eigenvalue weighted by atomic mass is 16.5. The average molecular weight is 1700 g/mol. The van der Waals surface area contributed by atoms with Gasteiger partial charge in [0.1, 0.15) is 45.4 Å². The number of H-pyrrole nitrogens is 4. The van der Waals surface area contributed by atoms with Gasteiger partial charge in [-0.1, -0.05) is 48.5 Å². The van der Waals surface area contributed by atoms with Crippen molar-refractivity contribution in [2.45, 2.75) is 208 Å². The largest absolute Gasteiger partial charge is 0.381 e. The van der Waals surface area contributed by atoms with Gasteiger partial charge in [-0.2, -0.15) is 0 Å². The third-order valence-electron chi connectivity index (χ3n) is 31.6. The highest BCUT2D eigenvalue weighted by molar-refractivity contribution is 5.92. The van der Waals surface area contributed by atoms with Crippen LogP contribution in [0.1, 0.15) is 213 Å². The number of fused-ring (bicyclic) bond motifs is 8. The maximum atomic E-state index is 5.88. The molecule has 12 aliphatic rings. The van der Waals surface area contributed by atoms with Crippen molar-refractivity contribution in [3.05, 3.63) is 214 Å². The number of rotatable bonds is 13. The standard InChI is InChI=1S/C26H34N6.C25H34N6O.2C25H32N6/c1-18-7-6-14-27-23(18)20-9-5-11-22(31(20)3)25-28-19-8-4-10-21(24(19)29-25)32-16-15-30(2)26(17-32)12-13-26;1-17-7-6-10-26-23(17)21-15-18(32-4)16-22(30(21)3)25-27-19-8-5-9-20(24(19)28-25)31-13-11-29(2)12-14-31;1-16-7-6-12-26-23(16)20-9-5-11-22(30(20)3)25-27-19-8-4-10-21(24(19)28-25)31-15-17-13-18(31)14-29(17)2;1-16-7-6-12-26-23(16)20-9-5-11-22(30(20)3)25-27-19-8-4-10-21(24(19)28-25)31-14-17-13-18(15-31)29(17)2/h4,6-8,10,14,20,22H,5,9,11-13,15-17H2,1-3H3,(H,28,29);5-10,18,21-22H,11-16H2,1-4H3,(H,27,28);2*4,6-8,10,12,17-18,20,22H,5,9,11,13-15H2,1-3H3,(H,27,28)/t20-,22+;18-,21+,22-;2*17?,18?,20-,22+/m0100/s1. The van der Waals surface area contributed by atoms with Crippen molar-refractivity contribution in [1.29, 1.82) is 0 Å². The number of likely N-dealkylation sites (N-methyl/N-ethyl adjacent to an activating group) is 4. The number of benzene rings is 4. The number of piperazine rings is 4. The number of aromatic nitrogens is 12. The Hall–Kier alpha value is -9.80. The molecule has 1 spiro atoms. The Kier molecular flexibility index (Phi) is 23.7. The number of hydrogen-bond donors (Lipinski definition) is 4. The van der Waals surface area contributed by atoms with Crippen molar-refractivity contribution in [1.82, 2.24) is 99.0 Å². The van der Waals surface area contributed by atoms with Gasteiger partial charge in [-0.15, -0.1) is 0 Å². The molecule has 4 bridgehead atoms. The molecule has 4 unspecified atom stereocenters. The smallest absolute Gasteiger partial charge is 0.124 e. The number of likely N-dealkylation sites (tertiary alicyclic amines) is 5. The number of aryl methyl sites for hydroxylation is 4. The molecule has 24 rings (SSSR count). The van der Waals surface area contributed by atoms with Gasteiger partial charge in [0, 0.05) is 134 Å². The second-order valence-corrected chi connectivity index (χ2v) is 39.0. The van der Waals surface area contributed by atoms with Crippen molar-refractivity contribution in [2.75, 3.05) is 155 Å². The summed E-state index contributed by atoms with van der Waals surface area (Å²) in [4.78, 5) is 84.5. The molecule has 11 saturated heterocycles. The molecule has 8 aromatic heterocycles. The van der Waals surface area contributed by atoms with Crippen molar-refractivity contribution < 1.29 is 4.74 Å². The van der Waals surface area contributed by atoms with E-state index in [0.29, 0.717) is 59.9 Å². The lowest BCUT2D eigenvalue weighted by Gasteiger charge is -2.55. The SMILES string of the molecule is CO[C@H]1C[C@H](c2nc3c(N4CCN(C)CC4)cccc3[nH]2)N(C)[C@H](c2ncccc2C)C1.Cc1cccnc1[C@@H]1CCC[C@H](c2nc3c(N4CC5CC(C4)N5C)cccc3[nH]2)N1C.Cc1cccnc1[C@@H]1CCC[C@H](c2nc3c(N4CC5CC4CN5C)cccc3[nH]2)N1C.Cc1cccnc1[C@@H]1CCC[C@H](c2nc3c(N4CCN(C)C5(CC5)C4)cccc3[nH]2)N1C. The first-order chi connectivity index (χ1) is 61.3. The minimum absolute atomic E-state index is 0.146. The summed E-state index contributed by atoms with van der Waals surface area (Å²) < 4.78 is 5.88. The minimum Gasteiger partial charge on any atom is -0.381 e. The van der Waals surface area contributed by atoms with E-state index in [1.54, 1.807) is 0 Å². The number of para-hydroxylation sites is 4. The normalized spacial score (nSPS) is 27.5. The zero-order chi connectivity index (χ0) is 86.3. The summed E-state index contributed by atoms with van der Waals surface area (Å²) in [6, 6.07) is 48.1. The molecular formula is C101H132N24O. The Balaban J connectivity index is 0.000000106. The van der Waals surface area contributed by atoms with E-state index in [0.717, 1.165) is 196 Å². The third kappa shape index (κ3) is 16.1. The van der Waals surface area contributed by atoms with E-state index >= 15 is 0 Å². The number of imidazole rings is 4. The lowest BCUT2D eigenvalue weighted by atomic mass is 9.88. The lowest BCUT2D eigenvalue weighted by molar-refractivity contribution is -0.0156. The van der Waals surface area contributed by atoms with Crippen molar-refractivity contribution >= 4 is 66.9 Å². The van der Waals surface area contributed by atoms with Gasteiger partial charge in [0.25, 0.3) is 0 Å². The van der Waals surface area contributed by atoms with E-state index in [1.165, 1.54) is 107 Å². The number of pyridine rings is 4. The van der Waals surface area contributed by atoms with E-state index in [4.69, 9.17) is 44.6 Å². The molecule has 12 aromatic rings. The Morgan fingerprint density at radius 1 is 0.341 bits per heavy atom. The Morgan fingerprint density at radius 2 is 0.714 bits per heavy atom. The molecule has 1 saturated carbocycles. The first kappa shape index (κ1) is 84.4. The van der Waals surface area contributed by atoms with Crippen LogP contribution in [0, 0.1) is 27.7 Å². The van der Waals surface area contributed by atoms with E-state index < -0.39 is 0 Å². The number of aromatic amines is 4. The second-order valence-electron chi connectivity index (χ2n) is 39.0. The summed E-state index contributed by atoms with van der Waals surface area (Å²) in [5, 5.41) is 0. The molecule has 126 heavy (non-hydrogen) atoms. The van der Waals surface area contributed by atoms with Crippen molar-refractivity contribution in [3.8, 4) is 0 Å². The Labute approximate surface area is 744 Å². The van der Waals surface area contributed by atoms with Crippen molar-refractivity contribution in [3.63, 3.8) is 0 Å². The van der Waals surface area contributed by atoms with Gasteiger partial charge in [0.15, 0.2) is 0 Å². The molecule has 4 aromatic carbocycles. The summed E-state index contributed by atoms with van der Waals surface area (Å²) >= 11 is 0. The molecule has 0 radical (unpaired) electrons. The van der Waals surface area contributed by atoms with Crippen LogP contribution in [0.2, 0.25) is 0 Å². The van der Waals surface area contributed by atoms with Gasteiger partial charge in [-0.25, -0.2) is 19.9 Å². The quantitative estimate of drug-likeness (QED) is 0.0844. The highest BCUT2D eigenvalue weighted by Gasteiger charge is 2.51. The van der Waals surface area contributed by atoms with Crippen LogP contribution in [0.4, 0.5) is 22.7 Å². The molecule has 12 fully saturated rings. The van der Waals surface area contributed by atoms with E-state index in [9.17, 15) is 0 Å². The van der Waals surface area contributed by atoms with Crippen LogP contribution >= 0.6 is 0 Å². The monoisotopic (exact) mass is 1700 g/mol. The fourth-order valence-corrected chi connectivity index (χ4v) is 23.6. The topological polar surface area (TPSA) is 214 Å². The fourth-order valence-electron chi connectivity index (χ4n) is 23.6. The summed E-state index contributed by atoms with van der Waals surface area (Å²) in [5.74, 6) is 4.32. The summed E-state index contributed by atoms with van der Waals surface area (Å²) in [5.41, 5.74) is 24.4. The van der Waals surface area contributed by atoms with Crippen LogP contribution in [-0.2, 0) is 4.74 Å². The predicted octanol–water partition coefficient (Wildman–Crippen LogP) is 16.1. The number of methoxy groups -OCH3 is 1. The van der Waals surface area contributed by atoms with Gasteiger partial charge >= 0.3 is 0 Å². The fraction of sp³-hybridized carbons (Fsp3) is 0.525. The molecule has 11 aliphatic heterocycles. The second kappa shape index (κ2) is 35.3. The number of piperidine rings is 5. The van der Waals surface area contributed by atoms with Gasteiger partial charge in [-0.05, 0) is 275 Å². The van der Waals surface area contributed by atoms with Gasteiger partial charge in [-0.3, -0.25) is 54.2 Å². The molecule has 4 N–H and O–H groups in total. The molecule has 1 aliphatic carbocycles. The number of nitrogens with one attached hydrogen (secondary N) is 4. The minimum atomic E-state index is 0.146. The van der Waals surface area contributed by atoms with E-state index in [2.05, 4.69) is 260 Å². The van der Waals surface area contributed by atoms with E-state index in [-0.39, 0.29) is 24.2 Å². The van der Waals surface area contributed by atoms with Gasteiger partial charge in [0.2, 0.25) is 0 Å². The molecule has 662 valence electrons. The van der Waals surface area contributed by atoms with Crippen LogP contribution in [0.5, 0.6) is 0 Å². The number of ether oxygens (including phenoxy) is 1. The first-order valence-electron chi connectivity index (χ1n) is 47.1. The Morgan fingerprint density at radius 3 is 1.12 bits per heavy atom. The average Bonchev–Trinajstić information content (AvgIpc) is 1.53. The number of anilines is 4. The summed E-state index contributed by atoms with van der Waals surface area (Å²) in [6.07, 6.45) is 25.4. The van der Waals surface area contributed by atoms with Crippen LogP contribution in [0.25, 0.3) is 44.1 Å². The predicted molar refractivity (Wildman–Crippen MR) is 506 cm³/mol. The maximum Gasteiger partial charge on any atom is 0.124 e. The van der Waals surface area contributed by atoms with Crippen LogP contribution in [0.15, 0.2) is 146 Å². The van der Waals surface area contributed by atoms with Crippen LogP contribution in [-0.4, -0.2) is 270 Å². The Bertz CT molecular complexity index is 5810. The van der Waals surface area contributed by atoms with Gasteiger partial charge in [0.05, 0.1) is 122 Å². The van der Waals surface area contributed by atoms with Gasteiger partial charge < -0.3 is 49.2 Å². The maximum absolute atomic E-state index is 5.88. The zero-order valence-electron chi connectivity index (χ0n) is 76.6. The van der Waals surface area contributed by atoms with Crippen molar-refractivity contribution in [2.24, 2.45) is 0 Å². The highest BCUT2D eigenvalue weighted by Crippen LogP contribution is 2.50.